The zero-order valence-electron chi connectivity index (χ0n) is 13.4. The fourth-order valence-electron chi connectivity index (χ4n) is 1.91. The Kier molecular flexibility index (Phi) is 6.01. The van der Waals surface area contributed by atoms with Crippen molar-refractivity contribution in [3.63, 3.8) is 0 Å². The standard InChI is InChI=1S/C15H30N4/c1-7-13-9-14(19(8-2)18-13)11-16-12(3)10-17-15(4,5)6/h9,12,16-17H,7-8,10-11H2,1-6H3. The van der Waals surface area contributed by atoms with E-state index in [9.17, 15) is 0 Å². The summed E-state index contributed by atoms with van der Waals surface area (Å²) in [6.07, 6.45) is 1.00. The average molecular weight is 266 g/mol. The van der Waals surface area contributed by atoms with Gasteiger partial charge in [-0.1, -0.05) is 6.92 Å². The van der Waals surface area contributed by atoms with Crippen molar-refractivity contribution in [2.45, 2.75) is 72.6 Å². The van der Waals surface area contributed by atoms with Crippen LogP contribution < -0.4 is 10.6 Å². The minimum Gasteiger partial charge on any atom is -0.311 e. The molecule has 0 fully saturated rings. The van der Waals surface area contributed by atoms with Gasteiger partial charge in [0.2, 0.25) is 0 Å². The number of aromatic nitrogens is 2. The monoisotopic (exact) mass is 266 g/mol. The SMILES string of the molecule is CCc1cc(CNC(C)CNC(C)(C)C)n(CC)n1. The molecule has 1 heterocycles. The zero-order valence-corrected chi connectivity index (χ0v) is 13.4. The molecule has 4 heteroatoms. The fraction of sp³-hybridized carbons (Fsp3) is 0.800. The summed E-state index contributed by atoms with van der Waals surface area (Å²) in [5.41, 5.74) is 2.64. The molecule has 1 aromatic rings. The van der Waals surface area contributed by atoms with E-state index >= 15 is 0 Å². The zero-order chi connectivity index (χ0) is 14.5. The van der Waals surface area contributed by atoms with Gasteiger partial charge in [0.1, 0.15) is 0 Å². The second kappa shape index (κ2) is 7.06. The predicted octanol–water partition coefficient (Wildman–Crippen LogP) is 2.33. The van der Waals surface area contributed by atoms with E-state index in [0.717, 1.165) is 26.1 Å². The molecule has 0 aliphatic rings. The third kappa shape index (κ3) is 5.74. The molecule has 1 atom stereocenters. The van der Waals surface area contributed by atoms with Gasteiger partial charge in [-0.3, -0.25) is 4.68 Å². The summed E-state index contributed by atoms with van der Waals surface area (Å²) in [4.78, 5) is 0. The summed E-state index contributed by atoms with van der Waals surface area (Å²) in [6, 6.07) is 2.66. The van der Waals surface area contributed by atoms with Crippen molar-refractivity contribution >= 4 is 0 Å². The van der Waals surface area contributed by atoms with Crippen LogP contribution >= 0.6 is 0 Å². The summed E-state index contributed by atoms with van der Waals surface area (Å²) in [7, 11) is 0. The van der Waals surface area contributed by atoms with Gasteiger partial charge in [0, 0.05) is 31.2 Å². The van der Waals surface area contributed by atoms with E-state index in [2.05, 4.69) is 68.0 Å². The Morgan fingerprint density at radius 2 is 2.00 bits per heavy atom. The fourth-order valence-corrected chi connectivity index (χ4v) is 1.91. The van der Waals surface area contributed by atoms with Gasteiger partial charge in [0.15, 0.2) is 0 Å². The molecule has 4 nitrogen and oxygen atoms in total. The molecule has 110 valence electrons. The van der Waals surface area contributed by atoms with Crippen LogP contribution in [0.5, 0.6) is 0 Å². The molecule has 0 radical (unpaired) electrons. The molecule has 0 aromatic carbocycles. The first kappa shape index (κ1) is 16.2. The quantitative estimate of drug-likeness (QED) is 0.796. The molecule has 19 heavy (non-hydrogen) atoms. The molecule has 0 saturated heterocycles. The van der Waals surface area contributed by atoms with Crippen LogP contribution in [0, 0.1) is 0 Å². The van der Waals surface area contributed by atoms with Gasteiger partial charge >= 0.3 is 0 Å². The van der Waals surface area contributed by atoms with Crippen LogP contribution in [0.4, 0.5) is 0 Å². The second-order valence-electron chi connectivity index (χ2n) is 6.21. The highest BCUT2D eigenvalue weighted by atomic mass is 15.3. The van der Waals surface area contributed by atoms with Gasteiger partial charge in [0.05, 0.1) is 11.4 Å². The Bertz CT molecular complexity index is 376. The maximum atomic E-state index is 4.57. The molecule has 1 unspecified atom stereocenters. The normalized spacial score (nSPS) is 13.8. The summed E-state index contributed by atoms with van der Waals surface area (Å²) >= 11 is 0. The summed E-state index contributed by atoms with van der Waals surface area (Å²) in [5.74, 6) is 0. The smallest absolute Gasteiger partial charge is 0.0625 e. The van der Waals surface area contributed by atoms with Gasteiger partial charge in [-0.05, 0) is 47.1 Å². The van der Waals surface area contributed by atoms with Crippen LogP contribution in [0.1, 0.15) is 52.9 Å². The van der Waals surface area contributed by atoms with Crippen LogP contribution in [0.3, 0.4) is 0 Å². The van der Waals surface area contributed by atoms with Crippen LogP contribution in [-0.4, -0.2) is 27.9 Å². The Balaban J connectivity index is 2.45. The minimum atomic E-state index is 0.177. The van der Waals surface area contributed by atoms with Gasteiger partial charge in [0.25, 0.3) is 0 Å². The predicted molar refractivity (Wildman–Crippen MR) is 81.3 cm³/mol. The number of hydrogen-bond donors (Lipinski definition) is 2. The van der Waals surface area contributed by atoms with Crippen LogP contribution in [0.2, 0.25) is 0 Å². The Labute approximate surface area is 118 Å². The highest BCUT2D eigenvalue weighted by Crippen LogP contribution is 2.06. The molecule has 0 aliphatic carbocycles. The molecule has 0 aliphatic heterocycles. The van der Waals surface area contributed by atoms with Crippen molar-refractivity contribution in [1.82, 2.24) is 20.4 Å². The number of aryl methyl sites for hydroxylation is 2. The molecule has 1 rings (SSSR count). The van der Waals surface area contributed by atoms with Crippen molar-refractivity contribution in [3.05, 3.63) is 17.5 Å². The first-order valence-electron chi connectivity index (χ1n) is 7.39. The van der Waals surface area contributed by atoms with E-state index < -0.39 is 0 Å². The second-order valence-corrected chi connectivity index (χ2v) is 6.21. The average Bonchev–Trinajstić information content (AvgIpc) is 2.75. The molecular weight excluding hydrogens is 236 g/mol. The van der Waals surface area contributed by atoms with Crippen molar-refractivity contribution in [1.29, 1.82) is 0 Å². The van der Waals surface area contributed by atoms with Crippen molar-refractivity contribution < 1.29 is 0 Å². The topological polar surface area (TPSA) is 41.9 Å². The maximum absolute atomic E-state index is 4.57. The first-order chi connectivity index (χ1) is 8.85. The number of hydrogen-bond acceptors (Lipinski definition) is 3. The summed E-state index contributed by atoms with van der Waals surface area (Å²) in [5, 5.41) is 11.6. The number of nitrogens with one attached hydrogen (secondary N) is 2. The van der Waals surface area contributed by atoms with Crippen molar-refractivity contribution in [2.75, 3.05) is 6.54 Å². The molecule has 0 spiro atoms. The molecule has 0 amide bonds. The lowest BCUT2D eigenvalue weighted by Crippen LogP contribution is -2.44. The van der Waals surface area contributed by atoms with Gasteiger partial charge < -0.3 is 10.6 Å². The third-order valence-corrected chi connectivity index (χ3v) is 3.15. The van der Waals surface area contributed by atoms with Crippen LogP contribution in [0.15, 0.2) is 6.07 Å². The molecule has 0 saturated carbocycles. The Morgan fingerprint density at radius 3 is 2.53 bits per heavy atom. The molecule has 1 aromatic heterocycles. The lowest BCUT2D eigenvalue weighted by molar-refractivity contribution is 0.385. The van der Waals surface area contributed by atoms with Crippen molar-refractivity contribution in [2.24, 2.45) is 0 Å². The van der Waals surface area contributed by atoms with E-state index in [1.54, 1.807) is 0 Å². The van der Waals surface area contributed by atoms with E-state index in [0.29, 0.717) is 6.04 Å². The molecular formula is C15H30N4. The van der Waals surface area contributed by atoms with E-state index in [-0.39, 0.29) is 5.54 Å². The van der Waals surface area contributed by atoms with Crippen molar-refractivity contribution in [3.8, 4) is 0 Å². The maximum Gasteiger partial charge on any atom is 0.0625 e. The van der Waals surface area contributed by atoms with E-state index in [1.807, 2.05) is 0 Å². The van der Waals surface area contributed by atoms with Gasteiger partial charge in [-0.25, -0.2) is 0 Å². The number of rotatable bonds is 7. The largest absolute Gasteiger partial charge is 0.311 e. The summed E-state index contributed by atoms with van der Waals surface area (Å²) in [6.45, 7) is 15.9. The third-order valence-electron chi connectivity index (χ3n) is 3.15. The van der Waals surface area contributed by atoms with Gasteiger partial charge in [-0.2, -0.15) is 5.10 Å². The Hall–Kier alpha value is -0.870. The molecule has 2 N–H and O–H groups in total. The minimum absolute atomic E-state index is 0.177. The van der Waals surface area contributed by atoms with Gasteiger partial charge in [-0.15, -0.1) is 0 Å². The molecule has 0 bridgehead atoms. The first-order valence-corrected chi connectivity index (χ1v) is 7.39. The van der Waals surface area contributed by atoms with E-state index in [4.69, 9.17) is 0 Å². The highest BCUT2D eigenvalue weighted by Gasteiger charge is 2.11. The lowest BCUT2D eigenvalue weighted by Gasteiger charge is -2.24. The summed E-state index contributed by atoms with van der Waals surface area (Å²) < 4.78 is 2.09. The van der Waals surface area contributed by atoms with E-state index in [1.165, 1.54) is 11.4 Å². The van der Waals surface area contributed by atoms with Crippen LogP contribution in [0.25, 0.3) is 0 Å². The lowest BCUT2D eigenvalue weighted by atomic mass is 10.1. The Morgan fingerprint density at radius 1 is 1.32 bits per heavy atom. The highest BCUT2D eigenvalue weighted by molar-refractivity contribution is 5.10. The van der Waals surface area contributed by atoms with Crippen LogP contribution in [-0.2, 0) is 19.5 Å². The number of nitrogens with zero attached hydrogens (tertiary/aromatic N) is 2.